The van der Waals surface area contributed by atoms with Crippen LogP contribution in [0.3, 0.4) is 0 Å². The highest BCUT2D eigenvalue weighted by Gasteiger charge is 2.35. The smallest absolute Gasteiger partial charge is 0.255 e. The third-order valence-electron chi connectivity index (χ3n) is 5.91. The van der Waals surface area contributed by atoms with E-state index in [2.05, 4.69) is 22.5 Å². The van der Waals surface area contributed by atoms with Crippen LogP contribution in [-0.2, 0) is 4.79 Å². The van der Waals surface area contributed by atoms with E-state index < -0.39 is 6.04 Å². The number of hydrogen-bond acceptors (Lipinski definition) is 8. The van der Waals surface area contributed by atoms with Crippen LogP contribution < -0.4 is 24.8 Å². The first-order valence-corrected chi connectivity index (χ1v) is 12.6. The fraction of sp³-hybridized carbons (Fsp3) is 0.346. The Morgan fingerprint density at radius 2 is 1.81 bits per heavy atom. The molecule has 0 bridgehead atoms. The monoisotopic (exact) mass is 509 g/mol. The van der Waals surface area contributed by atoms with Gasteiger partial charge in [-0.05, 0) is 49.6 Å². The van der Waals surface area contributed by atoms with E-state index in [-0.39, 0.29) is 5.91 Å². The van der Waals surface area contributed by atoms with Crippen molar-refractivity contribution in [2.45, 2.75) is 38.4 Å². The Labute approximate surface area is 215 Å². The van der Waals surface area contributed by atoms with E-state index in [9.17, 15) is 4.79 Å². The predicted molar refractivity (Wildman–Crippen MR) is 141 cm³/mol. The van der Waals surface area contributed by atoms with Gasteiger partial charge in [-0.3, -0.25) is 4.79 Å². The lowest BCUT2D eigenvalue weighted by Gasteiger charge is -2.29. The maximum Gasteiger partial charge on any atom is 0.255 e. The van der Waals surface area contributed by atoms with Crippen LogP contribution in [0.1, 0.15) is 37.4 Å². The van der Waals surface area contributed by atoms with Gasteiger partial charge >= 0.3 is 0 Å². The number of nitrogens with zero attached hydrogens (tertiary/aromatic N) is 3. The summed E-state index contributed by atoms with van der Waals surface area (Å²) in [6.07, 6.45) is 1.000. The molecule has 0 aliphatic carbocycles. The topological polar surface area (TPSA) is 99.5 Å². The van der Waals surface area contributed by atoms with Gasteiger partial charge < -0.3 is 24.8 Å². The highest BCUT2D eigenvalue weighted by molar-refractivity contribution is 7.99. The van der Waals surface area contributed by atoms with Gasteiger partial charge in [0.2, 0.25) is 16.9 Å². The molecule has 1 amide bonds. The van der Waals surface area contributed by atoms with Gasteiger partial charge in [-0.2, -0.15) is 4.98 Å². The molecule has 36 heavy (non-hydrogen) atoms. The number of anilines is 2. The second kappa shape index (κ2) is 10.9. The van der Waals surface area contributed by atoms with E-state index >= 15 is 0 Å². The average Bonchev–Trinajstić information content (AvgIpc) is 3.29. The molecule has 0 spiro atoms. The van der Waals surface area contributed by atoms with Crippen LogP contribution in [0.15, 0.2) is 52.8 Å². The highest BCUT2D eigenvalue weighted by atomic mass is 32.2. The maximum atomic E-state index is 13.8. The van der Waals surface area contributed by atoms with Crippen LogP contribution >= 0.6 is 11.8 Å². The maximum absolute atomic E-state index is 13.8. The van der Waals surface area contributed by atoms with E-state index in [0.717, 1.165) is 29.0 Å². The molecule has 4 rings (SSSR count). The summed E-state index contributed by atoms with van der Waals surface area (Å²) in [6, 6.07) is 10.8. The first kappa shape index (κ1) is 25.4. The molecular weight excluding hydrogens is 478 g/mol. The number of nitrogens with one attached hydrogen (secondary N) is 2. The molecule has 1 atom stereocenters. The van der Waals surface area contributed by atoms with Crippen molar-refractivity contribution < 1.29 is 19.0 Å². The van der Waals surface area contributed by atoms with Crippen molar-refractivity contribution in [2.24, 2.45) is 0 Å². The summed E-state index contributed by atoms with van der Waals surface area (Å²) in [5.74, 6) is 2.68. The number of carbonyl (C=O) groups is 1. The number of thioether (sulfide) groups is 1. The molecule has 0 fully saturated rings. The van der Waals surface area contributed by atoms with Gasteiger partial charge in [0.1, 0.15) is 6.04 Å². The first-order valence-electron chi connectivity index (χ1n) is 11.7. The summed E-state index contributed by atoms with van der Waals surface area (Å²) < 4.78 is 18.5. The number of hydrogen-bond donors (Lipinski definition) is 2. The number of para-hydroxylation sites is 1. The van der Waals surface area contributed by atoms with Crippen molar-refractivity contribution >= 4 is 29.3 Å². The zero-order valence-electron chi connectivity index (χ0n) is 21.3. The number of fused-ring (bicyclic) bond motifs is 1. The summed E-state index contributed by atoms with van der Waals surface area (Å²) in [4.78, 5) is 18.4. The molecule has 0 saturated heterocycles. The molecule has 2 heterocycles. The number of carbonyl (C=O) groups excluding carboxylic acids is 1. The lowest BCUT2D eigenvalue weighted by atomic mass is 9.94. The molecular formula is C26H31N5O4S. The number of amides is 1. The average molecular weight is 510 g/mol. The number of rotatable bonds is 9. The van der Waals surface area contributed by atoms with Crippen LogP contribution in [0.5, 0.6) is 17.2 Å². The molecule has 2 N–H and O–H groups in total. The van der Waals surface area contributed by atoms with Gasteiger partial charge in [0.25, 0.3) is 5.91 Å². The second-order valence-corrected chi connectivity index (χ2v) is 9.37. The van der Waals surface area contributed by atoms with Crippen molar-refractivity contribution in [3.8, 4) is 17.2 Å². The molecule has 190 valence electrons. The molecule has 3 aromatic rings. The lowest BCUT2D eigenvalue weighted by molar-refractivity contribution is -0.113. The molecule has 0 saturated carbocycles. The van der Waals surface area contributed by atoms with Crippen LogP contribution in [0.25, 0.3) is 0 Å². The van der Waals surface area contributed by atoms with E-state index in [1.165, 1.54) is 0 Å². The SMILES string of the molecule is CCCSc1nc2n(n1)C(c1cc(OC)c(OC)c(OC)c1)C(C(=O)Nc1ccccc1C)=C(C)N2. The fourth-order valence-corrected chi connectivity index (χ4v) is 4.83. The largest absolute Gasteiger partial charge is 0.493 e. The second-order valence-electron chi connectivity index (χ2n) is 8.30. The number of aromatic nitrogens is 3. The number of benzene rings is 2. The number of allylic oxidation sites excluding steroid dienone is 1. The van der Waals surface area contributed by atoms with Gasteiger partial charge in [-0.25, -0.2) is 4.68 Å². The quantitative estimate of drug-likeness (QED) is 0.387. The van der Waals surface area contributed by atoms with Crippen LogP contribution in [0.2, 0.25) is 0 Å². The Morgan fingerprint density at radius 3 is 2.42 bits per heavy atom. The summed E-state index contributed by atoms with van der Waals surface area (Å²) in [5, 5.41) is 11.8. The Morgan fingerprint density at radius 1 is 1.11 bits per heavy atom. The van der Waals surface area contributed by atoms with Gasteiger partial charge in [0.05, 0.1) is 26.9 Å². The molecule has 1 aromatic heterocycles. The number of ether oxygens (including phenoxy) is 3. The minimum Gasteiger partial charge on any atom is -0.493 e. The van der Waals surface area contributed by atoms with Gasteiger partial charge in [0, 0.05) is 17.1 Å². The highest BCUT2D eigenvalue weighted by Crippen LogP contribution is 2.44. The Bertz CT molecular complexity index is 1280. The van der Waals surface area contributed by atoms with Crippen molar-refractivity contribution in [1.29, 1.82) is 0 Å². The normalized spacial score (nSPS) is 14.7. The van der Waals surface area contributed by atoms with Crippen LogP contribution in [0, 0.1) is 6.92 Å². The van der Waals surface area contributed by atoms with Crippen molar-refractivity contribution in [3.05, 3.63) is 58.8 Å². The molecule has 0 radical (unpaired) electrons. The minimum absolute atomic E-state index is 0.239. The van der Waals surface area contributed by atoms with Gasteiger partial charge in [-0.15, -0.1) is 5.10 Å². The molecule has 9 nitrogen and oxygen atoms in total. The number of methoxy groups -OCH3 is 3. The third-order valence-corrected chi connectivity index (χ3v) is 6.95. The standard InChI is InChI=1S/C26H31N5O4S/c1-7-12-36-26-29-25-27-16(3)21(24(32)28-18-11-9-8-10-15(18)2)22(31(25)30-26)17-13-19(33-4)23(35-6)20(14-17)34-5/h8-11,13-14,22H,7,12H2,1-6H3,(H,28,32)(H,27,29,30). The summed E-state index contributed by atoms with van der Waals surface area (Å²) in [7, 11) is 4.69. The molecule has 1 aliphatic heterocycles. The molecule has 10 heteroatoms. The van der Waals surface area contributed by atoms with Gasteiger partial charge in [-0.1, -0.05) is 36.9 Å². The van der Waals surface area contributed by atoms with E-state index in [4.69, 9.17) is 19.3 Å². The van der Waals surface area contributed by atoms with E-state index in [0.29, 0.717) is 39.6 Å². The Balaban J connectivity index is 1.86. The lowest BCUT2D eigenvalue weighted by Crippen LogP contribution is -2.31. The van der Waals surface area contributed by atoms with Crippen LogP contribution in [-0.4, -0.2) is 47.8 Å². The molecule has 1 aliphatic rings. The molecule has 2 aromatic carbocycles. The summed E-state index contributed by atoms with van der Waals surface area (Å²) >= 11 is 1.58. The fourth-order valence-electron chi connectivity index (χ4n) is 4.15. The molecule has 1 unspecified atom stereocenters. The van der Waals surface area contributed by atoms with Crippen LogP contribution in [0.4, 0.5) is 11.6 Å². The third kappa shape index (κ3) is 4.86. The zero-order valence-corrected chi connectivity index (χ0v) is 22.2. The predicted octanol–water partition coefficient (Wildman–Crippen LogP) is 5.04. The Hall–Kier alpha value is -3.66. The van der Waals surface area contributed by atoms with E-state index in [1.54, 1.807) is 37.8 Å². The van der Waals surface area contributed by atoms with Crippen molar-refractivity contribution in [1.82, 2.24) is 14.8 Å². The van der Waals surface area contributed by atoms with Crippen molar-refractivity contribution in [2.75, 3.05) is 37.7 Å². The van der Waals surface area contributed by atoms with E-state index in [1.807, 2.05) is 50.2 Å². The van der Waals surface area contributed by atoms with Gasteiger partial charge in [0.15, 0.2) is 11.5 Å². The van der Waals surface area contributed by atoms with Crippen molar-refractivity contribution in [3.63, 3.8) is 0 Å². The Kier molecular flexibility index (Phi) is 7.73. The summed E-state index contributed by atoms with van der Waals surface area (Å²) in [5.41, 5.74) is 3.66. The minimum atomic E-state index is -0.581. The first-order chi connectivity index (χ1) is 17.4. The number of aryl methyl sites for hydroxylation is 1. The summed E-state index contributed by atoms with van der Waals surface area (Å²) in [6.45, 7) is 5.94. The zero-order chi connectivity index (χ0) is 25.8.